The van der Waals surface area contributed by atoms with Gasteiger partial charge in [-0.15, -0.1) is 0 Å². The van der Waals surface area contributed by atoms with Crippen LogP contribution in [0.25, 0.3) is 0 Å². The van der Waals surface area contributed by atoms with Gasteiger partial charge in [0.2, 0.25) is 6.29 Å². The Labute approximate surface area is 137 Å². The third kappa shape index (κ3) is 2.80. The third-order valence-electron chi connectivity index (χ3n) is 4.78. The summed E-state index contributed by atoms with van der Waals surface area (Å²) in [6.07, 6.45) is 1.97. The van der Waals surface area contributed by atoms with E-state index in [0.717, 1.165) is 18.4 Å². The van der Waals surface area contributed by atoms with Crippen LogP contribution in [0, 0.1) is 11.3 Å². The second kappa shape index (κ2) is 5.75. The number of ketones is 1. The molecule has 2 fully saturated rings. The Morgan fingerprint density at radius 2 is 1.83 bits per heavy atom. The van der Waals surface area contributed by atoms with Gasteiger partial charge >= 0.3 is 5.97 Å². The molecule has 0 radical (unpaired) electrons. The molecule has 0 N–H and O–H groups in total. The van der Waals surface area contributed by atoms with Gasteiger partial charge in [0.05, 0.1) is 0 Å². The number of carbonyl (C=O) groups excluding carboxylic acids is 2. The molecular formula is C19H24O4. The Morgan fingerprint density at radius 3 is 2.39 bits per heavy atom. The van der Waals surface area contributed by atoms with Gasteiger partial charge < -0.3 is 9.47 Å². The van der Waals surface area contributed by atoms with Gasteiger partial charge in [-0.25, -0.2) is 4.79 Å². The molecule has 0 aromatic heterocycles. The zero-order chi connectivity index (χ0) is 16.7. The van der Waals surface area contributed by atoms with Gasteiger partial charge in [-0.05, 0) is 18.4 Å². The largest absolute Gasteiger partial charge is 0.433 e. The van der Waals surface area contributed by atoms with Gasteiger partial charge in [0, 0.05) is 24.2 Å². The van der Waals surface area contributed by atoms with Gasteiger partial charge in [0.15, 0.2) is 5.60 Å². The molecule has 1 saturated carbocycles. The average molecular weight is 316 g/mol. The average Bonchev–Trinajstić information content (AvgIpc) is 2.87. The Balaban J connectivity index is 2.05. The molecule has 1 unspecified atom stereocenters. The first-order valence-corrected chi connectivity index (χ1v) is 8.30. The lowest BCUT2D eigenvalue weighted by Crippen LogP contribution is -2.44. The maximum absolute atomic E-state index is 12.9. The van der Waals surface area contributed by atoms with Crippen LogP contribution in [0.2, 0.25) is 0 Å². The van der Waals surface area contributed by atoms with E-state index in [-0.39, 0.29) is 23.1 Å². The summed E-state index contributed by atoms with van der Waals surface area (Å²) in [7, 11) is 0. The molecule has 4 heteroatoms. The van der Waals surface area contributed by atoms with Crippen molar-refractivity contribution >= 4 is 11.8 Å². The van der Waals surface area contributed by atoms with Crippen molar-refractivity contribution < 1.29 is 19.1 Å². The predicted molar refractivity (Wildman–Crippen MR) is 85.5 cm³/mol. The normalized spacial score (nSPS) is 32.0. The Bertz CT molecular complexity index is 602. The molecule has 1 aromatic rings. The first-order valence-electron chi connectivity index (χ1n) is 8.30. The van der Waals surface area contributed by atoms with Crippen LogP contribution in [0.1, 0.15) is 52.0 Å². The maximum atomic E-state index is 12.9. The number of hydrogen-bond acceptors (Lipinski definition) is 4. The van der Waals surface area contributed by atoms with E-state index in [1.54, 1.807) is 0 Å². The molecule has 1 aliphatic carbocycles. The highest BCUT2D eigenvalue weighted by Gasteiger charge is 2.59. The van der Waals surface area contributed by atoms with Crippen LogP contribution in [-0.2, 0) is 24.7 Å². The van der Waals surface area contributed by atoms with E-state index in [9.17, 15) is 9.59 Å². The second-order valence-electron chi connectivity index (χ2n) is 7.65. The number of cyclic esters (lactones) is 1. The first kappa shape index (κ1) is 16.2. The van der Waals surface area contributed by atoms with Crippen LogP contribution in [0.5, 0.6) is 0 Å². The standard InChI is InChI=1S/C19H24O4/c1-18(2,3)17-22-16(21)19(23-17,13-8-5-4-6-9-13)14-10-7-11-15(20)12-14/h4-6,8-9,14,17H,7,10-12H2,1-3H3/t14-,17?,19+/m1/s1. The molecule has 4 nitrogen and oxygen atoms in total. The van der Waals surface area contributed by atoms with Crippen LogP contribution in [0.4, 0.5) is 0 Å². The highest BCUT2D eigenvalue weighted by atomic mass is 16.8. The van der Waals surface area contributed by atoms with Crippen LogP contribution in [0.3, 0.4) is 0 Å². The minimum atomic E-state index is -1.16. The molecule has 1 aromatic carbocycles. The number of esters is 1. The van der Waals surface area contributed by atoms with Crippen LogP contribution >= 0.6 is 0 Å². The van der Waals surface area contributed by atoms with Gasteiger partial charge in [-0.1, -0.05) is 51.1 Å². The van der Waals surface area contributed by atoms with Crippen molar-refractivity contribution in [1.29, 1.82) is 0 Å². The van der Waals surface area contributed by atoms with E-state index < -0.39 is 11.9 Å². The number of benzene rings is 1. The van der Waals surface area contributed by atoms with E-state index >= 15 is 0 Å². The lowest BCUT2D eigenvalue weighted by Gasteiger charge is -2.36. The smallest absolute Gasteiger partial charge is 0.345 e. The van der Waals surface area contributed by atoms with Crippen molar-refractivity contribution in [1.82, 2.24) is 0 Å². The molecule has 3 rings (SSSR count). The first-order chi connectivity index (χ1) is 10.8. The number of hydrogen-bond donors (Lipinski definition) is 0. The highest BCUT2D eigenvalue weighted by Crippen LogP contribution is 2.49. The van der Waals surface area contributed by atoms with E-state index in [4.69, 9.17) is 9.47 Å². The topological polar surface area (TPSA) is 52.6 Å². The van der Waals surface area contributed by atoms with Gasteiger partial charge in [-0.3, -0.25) is 4.79 Å². The van der Waals surface area contributed by atoms with Crippen molar-refractivity contribution in [3.05, 3.63) is 35.9 Å². The molecule has 3 atom stereocenters. The fraction of sp³-hybridized carbons (Fsp3) is 0.579. The molecule has 1 aliphatic heterocycles. The zero-order valence-corrected chi connectivity index (χ0v) is 14.0. The van der Waals surface area contributed by atoms with E-state index in [1.807, 2.05) is 51.1 Å². The minimum Gasteiger partial charge on any atom is -0.433 e. The number of ether oxygens (including phenoxy) is 2. The number of rotatable bonds is 2. The number of carbonyl (C=O) groups is 2. The minimum absolute atomic E-state index is 0.161. The van der Waals surface area contributed by atoms with Crippen LogP contribution in [0.15, 0.2) is 30.3 Å². The summed E-state index contributed by atoms with van der Waals surface area (Å²) < 4.78 is 11.9. The van der Waals surface area contributed by atoms with E-state index in [1.165, 1.54) is 0 Å². The monoisotopic (exact) mass is 316 g/mol. The molecule has 124 valence electrons. The fourth-order valence-electron chi connectivity index (χ4n) is 3.52. The van der Waals surface area contributed by atoms with Crippen molar-refractivity contribution in [3.63, 3.8) is 0 Å². The van der Waals surface area contributed by atoms with E-state index in [2.05, 4.69) is 0 Å². The van der Waals surface area contributed by atoms with Crippen molar-refractivity contribution in [2.75, 3.05) is 0 Å². The summed E-state index contributed by atoms with van der Waals surface area (Å²) >= 11 is 0. The summed E-state index contributed by atoms with van der Waals surface area (Å²) in [6.45, 7) is 5.95. The molecule has 1 saturated heterocycles. The lowest BCUT2D eigenvalue weighted by molar-refractivity contribution is -0.166. The molecule has 2 aliphatic rings. The quantitative estimate of drug-likeness (QED) is 0.783. The lowest BCUT2D eigenvalue weighted by atomic mass is 9.73. The Hall–Kier alpha value is -1.68. The Kier molecular flexibility index (Phi) is 4.05. The molecule has 0 amide bonds. The molecule has 0 spiro atoms. The van der Waals surface area contributed by atoms with Gasteiger partial charge in [-0.2, -0.15) is 0 Å². The SMILES string of the molecule is CC(C)(C)C1OC(=O)[C@](c2ccccc2)([C@@H]2CCCC(=O)C2)O1. The third-order valence-corrected chi connectivity index (χ3v) is 4.78. The number of Topliss-reactive ketones (excluding diaryl/α,β-unsaturated/α-hetero) is 1. The fourth-order valence-corrected chi connectivity index (χ4v) is 3.52. The van der Waals surface area contributed by atoms with Crippen molar-refractivity contribution in [2.24, 2.45) is 11.3 Å². The molecule has 1 heterocycles. The Morgan fingerprint density at radius 1 is 1.13 bits per heavy atom. The highest BCUT2D eigenvalue weighted by molar-refractivity contribution is 5.86. The summed E-state index contributed by atoms with van der Waals surface area (Å²) in [5.41, 5.74) is -0.684. The second-order valence-corrected chi connectivity index (χ2v) is 7.65. The summed E-state index contributed by atoms with van der Waals surface area (Å²) in [6, 6.07) is 9.48. The maximum Gasteiger partial charge on any atom is 0.345 e. The predicted octanol–water partition coefficient (Wildman–Crippen LogP) is 3.59. The molecule has 23 heavy (non-hydrogen) atoms. The van der Waals surface area contributed by atoms with Crippen LogP contribution < -0.4 is 0 Å². The van der Waals surface area contributed by atoms with Gasteiger partial charge in [0.25, 0.3) is 0 Å². The summed E-state index contributed by atoms with van der Waals surface area (Å²) in [5, 5.41) is 0. The summed E-state index contributed by atoms with van der Waals surface area (Å²) in [5.74, 6) is -0.318. The van der Waals surface area contributed by atoms with Crippen molar-refractivity contribution in [2.45, 2.75) is 58.3 Å². The van der Waals surface area contributed by atoms with Crippen LogP contribution in [-0.4, -0.2) is 18.0 Å². The van der Waals surface area contributed by atoms with E-state index in [0.29, 0.717) is 12.8 Å². The summed E-state index contributed by atoms with van der Waals surface area (Å²) in [4.78, 5) is 24.9. The molecular weight excluding hydrogens is 292 g/mol. The zero-order valence-electron chi connectivity index (χ0n) is 14.0. The van der Waals surface area contributed by atoms with Crippen molar-refractivity contribution in [3.8, 4) is 0 Å². The molecule has 0 bridgehead atoms. The van der Waals surface area contributed by atoms with Gasteiger partial charge in [0.1, 0.15) is 5.78 Å².